The van der Waals surface area contributed by atoms with E-state index in [0.29, 0.717) is 17.8 Å². The van der Waals surface area contributed by atoms with Gasteiger partial charge in [-0.15, -0.1) is 0 Å². The Morgan fingerprint density at radius 1 is 1.08 bits per heavy atom. The Labute approximate surface area is 156 Å². The van der Waals surface area contributed by atoms with Crippen LogP contribution in [0.5, 0.6) is 0 Å². The third-order valence-corrected chi connectivity index (χ3v) is 5.54. The van der Waals surface area contributed by atoms with E-state index in [1.165, 1.54) is 4.31 Å². The largest absolute Gasteiger partial charge is 0.324 e. The Balaban J connectivity index is 2.40. The molecule has 0 radical (unpaired) electrons. The highest BCUT2D eigenvalue weighted by Crippen LogP contribution is 2.25. The van der Waals surface area contributed by atoms with E-state index in [1.54, 1.807) is 25.1 Å². The smallest absolute Gasteiger partial charge is 0.248 e. The summed E-state index contributed by atoms with van der Waals surface area (Å²) < 4.78 is 26.2. The van der Waals surface area contributed by atoms with Gasteiger partial charge in [0.25, 0.3) is 0 Å². The summed E-state index contributed by atoms with van der Waals surface area (Å²) in [5, 5.41) is 2.84. The Morgan fingerprint density at radius 2 is 1.77 bits per heavy atom. The maximum atomic E-state index is 12.9. The molecule has 1 atom stereocenters. The number of benzene rings is 2. The lowest BCUT2D eigenvalue weighted by Gasteiger charge is -2.30. The molecule has 0 aliphatic heterocycles. The fourth-order valence-electron chi connectivity index (χ4n) is 2.87. The molecule has 0 fully saturated rings. The number of nitrogens with zero attached hydrogens (tertiary/aromatic N) is 1. The first-order valence-electron chi connectivity index (χ1n) is 8.57. The molecule has 5 nitrogen and oxygen atoms in total. The van der Waals surface area contributed by atoms with E-state index in [4.69, 9.17) is 0 Å². The second-order valence-electron chi connectivity index (χ2n) is 6.61. The molecule has 0 spiro atoms. The topological polar surface area (TPSA) is 66.5 Å². The number of sulfonamides is 1. The molecule has 0 saturated carbocycles. The van der Waals surface area contributed by atoms with Crippen LogP contribution in [0.4, 0.5) is 11.4 Å². The number of anilines is 2. The Hall–Kier alpha value is -2.34. The van der Waals surface area contributed by atoms with Gasteiger partial charge in [0.05, 0.1) is 11.9 Å². The number of hydrogen-bond donors (Lipinski definition) is 1. The maximum absolute atomic E-state index is 12.9. The van der Waals surface area contributed by atoms with Gasteiger partial charge in [-0.1, -0.05) is 25.1 Å². The van der Waals surface area contributed by atoms with Crippen molar-refractivity contribution in [2.24, 2.45) is 0 Å². The zero-order valence-electron chi connectivity index (χ0n) is 15.9. The van der Waals surface area contributed by atoms with Gasteiger partial charge in [-0.05, 0) is 68.1 Å². The van der Waals surface area contributed by atoms with Gasteiger partial charge >= 0.3 is 0 Å². The minimum Gasteiger partial charge on any atom is -0.324 e. The first-order valence-corrected chi connectivity index (χ1v) is 10.4. The van der Waals surface area contributed by atoms with Gasteiger partial charge in [0.15, 0.2) is 0 Å². The molecule has 0 saturated heterocycles. The van der Waals surface area contributed by atoms with Crippen LogP contribution in [-0.2, 0) is 14.8 Å². The summed E-state index contributed by atoms with van der Waals surface area (Å²) in [5.74, 6) is -0.346. The van der Waals surface area contributed by atoms with Crippen molar-refractivity contribution in [1.29, 1.82) is 0 Å². The monoisotopic (exact) mass is 374 g/mol. The van der Waals surface area contributed by atoms with E-state index >= 15 is 0 Å². The van der Waals surface area contributed by atoms with E-state index in [1.807, 2.05) is 45.0 Å². The van der Waals surface area contributed by atoms with Crippen LogP contribution in [0.3, 0.4) is 0 Å². The lowest BCUT2D eigenvalue weighted by molar-refractivity contribution is -0.117. The summed E-state index contributed by atoms with van der Waals surface area (Å²) in [5.41, 5.74) is 4.22. The van der Waals surface area contributed by atoms with E-state index in [-0.39, 0.29) is 5.91 Å². The summed E-state index contributed by atoms with van der Waals surface area (Å²) in [6.45, 7) is 7.63. The molecule has 0 bridgehead atoms. The van der Waals surface area contributed by atoms with Gasteiger partial charge in [-0.3, -0.25) is 9.10 Å². The first kappa shape index (κ1) is 20.0. The van der Waals surface area contributed by atoms with E-state index in [2.05, 4.69) is 5.32 Å². The average Bonchev–Trinajstić information content (AvgIpc) is 2.54. The number of nitrogens with one attached hydrogen (secondary N) is 1. The molecule has 0 aliphatic rings. The number of carbonyl (C=O) groups excluding carboxylic acids is 1. The van der Waals surface area contributed by atoms with Gasteiger partial charge < -0.3 is 5.32 Å². The van der Waals surface area contributed by atoms with Crippen LogP contribution >= 0.6 is 0 Å². The second kappa shape index (κ2) is 7.91. The van der Waals surface area contributed by atoms with E-state index in [9.17, 15) is 13.2 Å². The van der Waals surface area contributed by atoms with Crippen molar-refractivity contribution in [3.8, 4) is 0 Å². The van der Waals surface area contributed by atoms with E-state index < -0.39 is 16.1 Å². The third-order valence-electron chi connectivity index (χ3n) is 4.36. The number of amides is 1. The summed E-state index contributed by atoms with van der Waals surface area (Å²) >= 11 is 0. The van der Waals surface area contributed by atoms with Crippen LogP contribution in [0.25, 0.3) is 0 Å². The average molecular weight is 375 g/mol. The quantitative estimate of drug-likeness (QED) is 0.836. The molecule has 0 unspecified atom stereocenters. The lowest BCUT2D eigenvalue weighted by atomic mass is 10.1. The van der Waals surface area contributed by atoms with Gasteiger partial charge in [-0.2, -0.15) is 0 Å². The molecule has 1 amide bonds. The Bertz CT molecular complexity index is 907. The van der Waals surface area contributed by atoms with Gasteiger partial charge in [-0.25, -0.2) is 8.42 Å². The van der Waals surface area contributed by atoms with Crippen LogP contribution in [0, 0.1) is 20.8 Å². The molecule has 2 rings (SSSR count). The standard InChI is InChI=1S/C20H26N2O3S/c1-6-19(20(23)21-17-9-7-8-14(2)12-17)22(26(5,24)25)18-11-10-15(3)16(4)13-18/h7-13,19H,6H2,1-5H3,(H,21,23)/t19-/m1/s1. The number of hydrogen-bond acceptors (Lipinski definition) is 3. The highest BCUT2D eigenvalue weighted by molar-refractivity contribution is 7.92. The molecule has 2 aromatic carbocycles. The minimum absolute atomic E-state index is 0.346. The normalized spacial score (nSPS) is 12.5. The fourth-order valence-corrected chi connectivity index (χ4v) is 4.07. The van der Waals surface area contributed by atoms with Crippen molar-refractivity contribution >= 4 is 27.3 Å². The molecule has 1 N–H and O–H groups in total. The van der Waals surface area contributed by atoms with Crippen LogP contribution in [0.15, 0.2) is 42.5 Å². The molecular formula is C20H26N2O3S. The summed E-state index contributed by atoms with van der Waals surface area (Å²) in [6.07, 6.45) is 1.49. The molecule has 140 valence electrons. The molecular weight excluding hydrogens is 348 g/mol. The van der Waals surface area contributed by atoms with Crippen molar-refractivity contribution in [2.75, 3.05) is 15.9 Å². The lowest BCUT2D eigenvalue weighted by Crippen LogP contribution is -2.47. The minimum atomic E-state index is -3.63. The molecule has 0 aromatic heterocycles. The Kier molecular flexibility index (Phi) is 6.08. The molecule has 2 aromatic rings. The number of aryl methyl sites for hydroxylation is 3. The van der Waals surface area contributed by atoms with Crippen LogP contribution < -0.4 is 9.62 Å². The maximum Gasteiger partial charge on any atom is 0.248 e. The van der Waals surface area contributed by atoms with Gasteiger partial charge in [0.1, 0.15) is 6.04 Å². The van der Waals surface area contributed by atoms with Crippen molar-refractivity contribution in [3.63, 3.8) is 0 Å². The number of carbonyl (C=O) groups is 1. The Morgan fingerprint density at radius 3 is 2.31 bits per heavy atom. The number of rotatable bonds is 6. The zero-order chi connectivity index (χ0) is 19.5. The van der Waals surface area contributed by atoms with E-state index in [0.717, 1.165) is 22.9 Å². The highest BCUT2D eigenvalue weighted by atomic mass is 32.2. The SMILES string of the molecule is CC[C@H](C(=O)Nc1cccc(C)c1)N(c1ccc(C)c(C)c1)S(C)(=O)=O. The molecule has 26 heavy (non-hydrogen) atoms. The van der Waals surface area contributed by atoms with Gasteiger partial charge in [0.2, 0.25) is 15.9 Å². The molecule has 6 heteroatoms. The van der Waals surface area contributed by atoms with Crippen molar-refractivity contribution < 1.29 is 13.2 Å². The molecule has 0 heterocycles. The first-order chi connectivity index (χ1) is 12.1. The van der Waals surface area contributed by atoms with Crippen LogP contribution in [0.1, 0.15) is 30.0 Å². The summed E-state index contributed by atoms with van der Waals surface area (Å²) in [7, 11) is -3.63. The molecule has 0 aliphatic carbocycles. The zero-order valence-corrected chi connectivity index (χ0v) is 16.7. The third kappa shape index (κ3) is 4.64. The fraction of sp³-hybridized carbons (Fsp3) is 0.350. The van der Waals surface area contributed by atoms with Gasteiger partial charge in [0, 0.05) is 5.69 Å². The van der Waals surface area contributed by atoms with Crippen molar-refractivity contribution in [3.05, 3.63) is 59.2 Å². The summed E-state index contributed by atoms with van der Waals surface area (Å²) in [6, 6.07) is 12.0. The summed E-state index contributed by atoms with van der Waals surface area (Å²) in [4.78, 5) is 12.9. The van der Waals surface area contributed by atoms with Crippen molar-refractivity contribution in [1.82, 2.24) is 0 Å². The van der Waals surface area contributed by atoms with Crippen LogP contribution in [0.2, 0.25) is 0 Å². The second-order valence-corrected chi connectivity index (χ2v) is 8.47. The van der Waals surface area contributed by atoms with Crippen molar-refractivity contribution in [2.45, 2.75) is 40.2 Å². The van der Waals surface area contributed by atoms with Crippen LogP contribution in [-0.4, -0.2) is 26.6 Å². The predicted molar refractivity (Wildman–Crippen MR) is 107 cm³/mol. The predicted octanol–water partition coefficient (Wildman–Crippen LogP) is 3.80. The highest BCUT2D eigenvalue weighted by Gasteiger charge is 2.31.